The minimum Gasteiger partial charge on any atom is -0.388 e. The normalized spacial score (nSPS) is 22.9. The third-order valence-electron chi connectivity index (χ3n) is 3.13. The van der Waals surface area contributed by atoms with Gasteiger partial charge in [0.25, 0.3) is 0 Å². The summed E-state index contributed by atoms with van der Waals surface area (Å²) >= 11 is 0. The van der Waals surface area contributed by atoms with E-state index in [0.29, 0.717) is 6.04 Å². The number of aliphatic hydroxyl groups is 1. The van der Waals surface area contributed by atoms with Crippen molar-refractivity contribution < 1.29 is 5.11 Å². The third-order valence-corrected chi connectivity index (χ3v) is 3.13. The van der Waals surface area contributed by atoms with Crippen LogP contribution in [0, 0.1) is 6.92 Å². The predicted octanol–water partition coefficient (Wildman–Crippen LogP) is 2.17. The van der Waals surface area contributed by atoms with E-state index in [-0.39, 0.29) is 6.10 Å². The molecule has 1 aliphatic rings. The van der Waals surface area contributed by atoms with Gasteiger partial charge in [0.1, 0.15) is 0 Å². The van der Waals surface area contributed by atoms with Crippen molar-refractivity contribution in [3.05, 3.63) is 35.4 Å². The van der Waals surface area contributed by atoms with E-state index >= 15 is 0 Å². The van der Waals surface area contributed by atoms with E-state index in [1.165, 1.54) is 18.4 Å². The first kappa shape index (κ1) is 10.7. The largest absolute Gasteiger partial charge is 0.388 e. The second-order valence-corrected chi connectivity index (χ2v) is 4.46. The maximum absolute atomic E-state index is 10.0. The zero-order chi connectivity index (χ0) is 10.7. The van der Waals surface area contributed by atoms with Crippen LogP contribution in [-0.4, -0.2) is 17.7 Å². The van der Waals surface area contributed by atoms with Crippen molar-refractivity contribution in [3.63, 3.8) is 0 Å². The first-order valence-electron chi connectivity index (χ1n) is 5.74. The molecule has 0 radical (unpaired) electrons. The van der Waals surface area contributed by atoms with Crippen LogP contribution in [0.15, 0.2) is 24.3 Å². The Labute approximate surface area is 91.3 Å². The van der Waals surface area contributed by atoms with Crippen molar-refractivity contribution in [2.45, 2.75) is 38.3 Å². The molecule has 1 fully saturated rings. The average Bonchev–Trinajstić information content (AvgIpc) is 2.71. The Morgan fingerprint density at radius 3 is 2.73 bits per heavy atom. The molecule has 0 bridgehead atoms. The number of aliphatic hydroxyl groups excluding tert-OH is 1. The molecular weight excluding hydrogens is 186 g/mol. The van der Waals surface area contributed by atoms with Crippen molar-refractivity contribution >= 4 is 0 Å². The Hall–Kier alpha value is -0.860. The topological polar surface area (TPSA) is 32.3 Å². The molecule has 2 nitrogen and oxygen atoms in total. The lowest BCUT2D eigenvalue weighted by Crippen LogP contribution is -2.23. The van der Waals surface area contributed by atoms with Crippen LogP contribution in [-0.2, 0) is 0 Å². The van der Waals surface area contributed by atoms with Gasteiger partial charge in [0.2, 0.25) is 0 Å². The first-order valence-corrected chi connectivity index (χ1v) is 5.74. The Morgan fingerprint density at radius 1 is 1.40 bits per heavy atom. The van der Waals surface area contributed by atoms with E-state index in [1.54, 1.807) is 0 Å². The fourth-order valence-corrected chi connectivity index (χ4v) is 2.15. The van der Waals surface area contributed by atoms with Gasteiger partial charge >= 0.3 is 0 Å². The van der Waals surface area contributed by atoms with Gasteiger partial charge in [-0.15, -0.1) is 0 Å². The average molecular weight is 205 g/mol. The third kappa shape index (κ3) is 2.80. The summed E-state index contributed by atoms with van der Waals surface area (Å²) in [6.07, 6.45) is 2.96. The van der Waals surface area contributed by atoms with Crippen molar-refractivity contribution in [2.75, 3.05) is 6.54 Å². The lowest BCUT2D eigenvalue weighted by atomic mass is 10.0. The molecule has 1 aliphatic heterocycles. The molecule has 1 aromatic rings. The second-order valence-electron chi connectivity index (χ2n) is 4.46. The van der Waals surface area contributed by atoms with Gasteiger partial charge in [-0.1, -0.05) is 29.8 Å². The smallest absolute Gasteiger partial charge is 0.0804 e. The van der Waals surface area contributed by atoms with Crippen molar-refractivity contribution in [1.29, 1.82) is 0 Å². The number of aryl methyl sites for hydroxylation is 1. The molecule has 1 saturated heterocycles. The Morgan fingerprint density at radius 2 is 2.13 bits per heavy atom. The molecule has 1 heterocycles. The van der Waals surface area contributed by atoms with Gasteiger partial charge in [-0.25, -0.2) is 0 Å². The van der Waals surface area contributed by atoms with Crippen LogP contribution < -0.4 is 5.32 Å². The molecule has 2 atom stereocenters. The van der Waals surface area contributed by atoms with Crippen LogP contribution in [0.1, 0.15) is 36.5 Å². The summed E-state index contributed by atoms with van der Waals surface area (Å²) in [7, 11) is 0. The van der Waals surface area contributed by atoms with Gasteiger partial charge in [-0.2, -0.15) is 0 Å². The van der Waals surface area contributed by atoms with E-state index in [9.17, 15) is 5.11 Å². The lowest BCUT2D eigenvalue weighted by Gasteiger charge is -2.16. The Bertz CT molecular complexity index is 301. The molecule has 0 saturated carbocycles. The zero-order valence-corrected chi connectivity index (χ0v) is 9.24. The quantitative estimate of drug-likeness (QED) is 0.792. The van der Waals surface area contributed by atoms with Crippen LogP contribution in [0.4, 0.5) is 0 Å². The number of rotatable bonds is 3. The fraction of sp³-hybridized carbons (Fsp3) is 0.538. The van der Waals surface area contributed by atoms with Gasteiger partial charge in [0.15, 0.2) is 0 Å². The van der Waals surface area contributed by atoms with E-state index in [0.717, 1.165) is 18.5 Å². The fourth-order valence-electron chi connectivity index (χ4n) is 2.15. The van der Waals surface area contributed by atoms with Gasteiger partial charge in [-0.05, 0) is 38.3 Å². The number of hydrogen-bond acceptors (Lipinski definition) is 2. The maximum atomic E-state index is 10.0. The number of nitrogens with one attached hydrogen (secondary N) is 1. The molecule has 0 aliphatic carbocycles. The summed E-state index contributed by atoms with van der Waals surface area (Å²) < 4.78 is 0. The highest BCUT2D eigenvalue weighted by Gasteiger charge is 2.18. The highest BCUT2D eigenvalue weighted by Crippen LogP contribution is 2.22. The molecule has 0 spiro atoms. The van der Waals surface area contributed by atoms with Crippen LogP contribution in [0.3, 0.4) is 0 Å². The molecule has 15 heavy (non-hydrogen) atoms. The molecule has 82 valence electrons. The summed E-state index contributed by atoms with van der Waals surface area (Å²) in [6.45, 7) is 3.17. The summed E-state index contributed by atoms with van der Waals surface area (Å²) in [6, 6.07) is 8.66. The molecule has 0 aromatic heterocycles. The van der Waals surface area contributed by atoms with Crippen molar-refractivity contribution in [3.8, 4) is 0 Å². The van der Waals surface area contributed by atoms with E-state index in [2.05, 4.69) is 24.4 Å². The van der Waals surface area contributed by atoms with Crippen LogP contribution in [0.25, 0.3) is 0 Å². The van der Waals surface area contributed by atoms with Gasteiger partial charge < -0.3 is 10.4 Å². The standard InChI is InChI=1S/C13H19NO/c1-10-4-6-11(7-5-10)13(15)9-12-3-2-8-14-12/h4-7,12-15H,2-3,8-9H2,1H3. The Kier molecular flexibility index (Phi) is 3.39. The molecular formula is C13H19NO. The highest BCUT2D eigenvalue weighted by molar-refractivity contribution is 5.23. The summed E-state index contributed by atoms with van der Waals surface area (Å²) in [5.74, 6) is 0. The summed E-state index contributed by atoms with van der Waals surface area (Å²) in [5.41, 5.74) is 2.28. The van der Waals surface area contributed by atoms with Crippen LogP contribution >= 0.6 is 0 Å². The molecule has 2 heteroatoms. The highest BCUT2D eigenvalue weighted by atomic mass is 16.3. The molecule has 1 aromatic carbocycles. The summed E-state index contributed by atoms with van der Waals surface area (Å²) in [5, 5.41) is 13.4. The van der Waals surface area contributed by atoms with Crippen LogP contribution in [0.5, 0.6) is 0 Å². The second kappa shape index (κ2) is 4.77. The molecule has 2 N–H and O–H groups in total. The number of hydrogen-bond donors (Lipinski definition) is 2. The van der Waals surface area contributed by atoms with E-state index in [1.807, 2.05) is 12.1 Å². The summed E-state index contributed by atoms with van der Waals surface area (Å²) in [4.78, 5) is 0. The predicted molar refractivity (Wildman–Crippen MR) is 61.8 cm³/mol. The van der Waals surface area contributed by atoms with E-state index < -0.39 is 0 Å². The molecule has 2 unspecified atom stereocenters. The van der Waals surface area contributed by atoms with Crippen LogP contribution in [0.2, 0.25) is 0 Å². The Balaban J connectivity index is 1.94. The lowest BCUT2D eigenvalue weighted by molar-refractivity contribution is 0.154. The van der Waals surface area contributed by atoms with Crippen molar-refractivity contribution in [1.82, 2.24) is 5.32 Å². The minimum absolute atomic E-state index is 0.318. The molecule has 2 rings (SSSR count). The minimum atomic E-state index is -0.318. The molecule has 0 amide bonds. The van der Waals surface area contributed by atoms with Crippen molar-refractivity contribution in [2.24, 2.45) is 0 Å². The van der Waals surface area contributed by atoms with Gasteiger partial charge in [0.05, 0.1) is 6.10 Å². The van der Waals surface area contributed by atoms with Gasteiger partial charge in [0, 0.05) is 6.04 Å². The monoisotopic (exact) mass is 205 g/mol. The maximum Gasteiger partial charge on any atom is 0.0804 e. The number of benzene rings is 1. The van der Waals surface area contributed by atoms with Gasteiger partial charge in [-0.3, -0.25) is 0 Å². The zero-order valence-electron chi connectivity index (χ0n) is 9.24. The SMILES string of the molecule is Cc1ccc(C(O)CC2CCCN2)cc1. The first-order chi connectivity index (χ1) is 7.25. The van der Waals surface area contributed by atoms with E-state index in [4.69, 9.17) is 0 Å².